The Labute approximate surface area is 59.2 Å². The average Bonchev–Trinajstić information content (AvgIpc) is 2.05. The van der Waals surface area contributed by atoms with Gasteiger partial charge in [-0.15, -0.1) is 0 Å². The summed E-state index contributed by atoms with van der Waals surface area (Å²) in [4.78, 5) is 14.7. The second kappa shape index (κ2) is 2.92. The molecule has 0 atom stereocenters. The van der Waals surface area contributed by atoms with Crippen LogP contribution in [-0.2, 0) is 0 Å². The van der Waals surface area contributed by atoms with Crippen LogP contribution in [-0.4, -0.2) is 10.8 Å². The molecule has 0 spiro atoms. The maximum atomic E-state index is 10.8. The van der Waals surface area contributed by atoms with Crippen molar-refractivity contribution < 1.29 is 4.79 Å². The summed E-state index contributed by atoms with van der Waals surface area (Å²) in [7, 11) is 0. The van der Waals surface area contributed by atoms with Crippen molar-refractivity contribution >= 4 is 5.78 Å². The number of ketones is 1. The summed E-state index contributed by atoms with van der Waals surface area (Å²) in [6.45, 7) is 3.35. The van der Waals surface area contributed by atoms with Crippen molar-refractivity contribution in [3.63, 3.8) is 0 Å². The molecule has 0 fully saturated rings. The Balaban J connectivity index is 2.95. The summed E-state index contributed by atoms with van der Waals surface area (Å²) in [5.74, 6) is -0.138. The first-order valence-electron chi connectivity index (χ1n) is 2.92. The average molecular weight is 133 g/mol. The molecule has 10 heavy (non-hydrogen) atoms. The molecule has 2 nitrogen and oxygen atoms in total. The van der Waals surface area contributed by atoms with Gasteiger partial charge in [0, 0.05) is 6.20 Å². The van der Waals surface area contributed by atoms with Crippen molar-refractivity contribution in [1.82, 2.24) is 4.98 Å². The first-order chi connectivity index (χ1) is 4.84. The quantitative estimate of drug-likeness (QED) is 0.451. The fourth-order valence-corrected chi connectivity index (χ4v) is 0.613. The zero-order chi connectivity index (χ0) is 7.40. The molecular formula is C8H7NO. The van der Waals surface area contributed by atoms with Gasteiger partial charge in [-0.05, 0) is 18.2 Å². The smallest absolute Gasteiger partial charge is 0.203 e. The van der Waals surface area contributed by atoms with E-state index in [-0.39, 0.29) is 5.78 Å². The van der Waals surface area contributed by atoms with E-state index in [1.807, 2.05) is 0 Å². The molecule has 1 heterocycles. The Bertz CT molecular complexity index is 241. The number of nitrogens with zero attached hydrogens (tertiary/aromatic N) is 1. The molecule has 0 N–H and O–H groups in total. The van der Waals surface area contributed by atoms with Gasteiger partial charge in [0.25, 0.3) is 0 Å². The predicted molar refractivity (Wildman–Crippen MR) is 38.8 cm³/mol. The first kappa shape index (κ1) is 6.68. The molecule has 0 saturated carbocycles. The number of carbonyl (C=O) groups is 1. The fourth-order valence-electron chi connectivity index (χ4n) is 0.613. The number of hydrogen-bond donors (Lipinski definition) is 0. The number of hydrogen-bond acceptors (Lipinski definition) is 2. The van der Waals surface area contributed by atoms with Gasteiger partial charge >= 0.3 is 0 Å². The molecule has 0 saturated heterocycles. The highest BCUT2D eigenvalue weighted by Gasteiger charge is 1.97. The highest BCUT2D eigenvalue weighted by atomic mass is 16.1. The van der Waals surface area contributed by atoms with Crippen LogP contribution in [0.3, 0.4) is 0 Å². The van der Waals surface area contributed by atoms with E-state index in [0.29, 0.717) is 5.69 Å². The van der Waals surface area contributed by atoms with Crippen LogP contribution >= 0.6 is 0 Å². The highest BCUT2D eigenvalue weighted by Crippen LogP contribution is 1.94. The summed E-state index contributed by atoms with van der Waals surface area (Å²) >= 11 is 0. The summed E-state index contributed by atoms with van der Waals surface area (Å²) in [5, 5.41) is 0. The van der Waals surface area contributed by atoms with Crippen LogP contribution in [0.25, 0.3) is 0 Å². The van der Waals surface area contributed by atoms with Crippen LogP contribution in [0.5, 0.6) is 0 Å². The van der Waals surface area contributed by atoms with Gasteiger partial charge in [0.15, 0.2) is 0 Å². The minimum absolute atomic E-state index is 0.138. The molecule has 0 amide bonds. The molecule has 0 aliphatic carbocycles. The van der Waals surface area contributed by atoms with E-state index in [0.717, 1.165) is 0 Å². The second-order valence-corrected chi connectivity index (χ2v) is 1.78. The van der Waals surface area contributed by atoms with E-state index in [2.05, 4.69) is 11.6 Å². The lowest BCUT2D eigenvalue weighted by Gasteiger charge is -1.89. The first-order valence-corrected chi connectivity index (χ1v) is 2.92. The van der Waals surface area contributed by atoms with E-state index in [9.17, 15) is 4.79 Å². The molecule has 1 aromatic rings. The molecule has 0 bridgehead atoms. The lowest BCUT2D eigenvalue weighted by atomic mass is 10.2. The Morgan fingerprint density at radius 2 is 2.40 bits per heavy atom. The minimum atomic E-state index is -0.138. The van der Waals surface area contributed by atoms with Crippen molar-refractivity contribution in [1.29, 1.82) is 0 Å². The van der Waals surface area contributed by atoms with Gasteiger partial charge < -0.3 is 0 Å². The number of allylic oxidation sites excluding steroid dienone is 1. The molecular weight excluding hydrogens is 126 g/mol. The van der Waals surface area contributed by atoms with Gasteiger partial charge in [0.05, 0.1) is 0 Å². The number of pyridine rings is 1. The molecule has 1 rings (SSSR count). The van der Waals surface area contributed by atoms with Crippen molar-refractivity contribution in [2.75, 3.05) is 0 Å². The van der Waals surface area contributed by atoms with E-state index in [1.165, 1.54) is 6.08 Å². The van der Waals surface area contributed by atoms with Crippen LogP contribution < -0.4 is 0 Å². The monoisotopic (exact) mass is 133 g/mol. The van der Waals surface area contributed by atoms with Crippen molar-refractivity contribution in [2.45, 2.75) is 0 Å². The zero-order valence-corrected chi connectivity index (χ0v) is 5.45. The molecule has 2 heteroatoms. The minimum Gasteiger partial charge on any atom is -0.288 e. The maximum Gasteiger partial charge on any atom is 0.203 e. The molecule has 0 aromatic carbocycles. The van der Waals surface area contributed by atoms with Crippen molar-refractivity contribution in [2.24, 2.45) is 0 Å². The zero-order valence-electron chi connectivity index (χ0n) is 5.45. The summed E-state index contributed by atoms with van der Waals surface area (Å²) < 4.78 is 0. The van der Waals surface area contributed by atoms with Gasteiger partial charge in [0.1, 0.15) is 5.69 Å². The van der Waals surface area contributed by atoms with Gasteiger partial charge in [-0.1, -0.05) is 12.6 Å². The topological polar surface area (TPSA) is 30.0 Å². The molecule has 50 valence electrons. The van der Waals surface area contributed by atoms with E-state index in [4.69, 9.17) is 0 Å². The normalized spacial score (nSPS) is 8.80. The van der Waals surface area contributed by atoms with Crippen LogP contribution in [0.1, 0.15) is 10.5 Å². The number of carbonyl (C=O) groups excluding carboxylic acids is 1. The second-order valence-electron chi connectivity index (χ2n) is 1.78. The number of aromatic nitrogens is 1. The van der Waals surface area contributed by atoms with Crippen LogP contribution in [0, 0.1) is 0 Å². The molecule has 0 aliphatic heterocycles. The lowest BCUT2D eigenvalue weighted by molar-refractivity contribution is 0.104. The van der Waals surface area contributed by atoms with Crippen LogP contribution in [0.4, 0.5) is 0 Å². The van der Waals surface area contributed by atoms with Gasteiger partial charge in [-0.3, -0.25) is 9.78 Å². The van der Waals surface area contributed by atoms with Gasteiger partial charge in [-0.2, -0.15) is 0 Å². The third-order valence-corrected chi connectivity index (χ3v) is 1.10. The molecule has 0 radical (unpaired) electrons. The Morgan fingerprint density at radius 3 is 2.90 bits per heavy atom. The highest BCUT2D eigenvalue weighted by molar-refractivity contribution is 6.02. The largest absolute Gasteiger partial charge is 0.288 e. The van der Waals surface area contributed by atoms with E-state index < -0.39 is 0 Å². The Morgan fingerprint density at radius 1 is 1.60 bits per heavy atom. The van der Waals surface area contributed by atoms with E-state index in [1.54, 1.807) is 24.4 Å². The lowest BCUT2D eigenvalue weighted by Crippen LogP contribution is -1.95. The molecule has 0 aliphatic rings. The third kappa shape index (κ3) is 1.29. The van der Waals surface area contributed by atoms with Gasteiger partial charge in [-0.25, -0.2) is 0 Å². The van der Waals surface area contributed by atoms with Gasteiger partial charge in [0.2, 0.25) is 5.78 Å². The summed E-state index contributed by atoms with van der Waals surface area (Å²) in [6.07, 6.45) is 2.83. The maximum absolute atomic E-state index is 10.8. The Kier molecular flexibility index (Phi) is 1.95. The predicted octanol–water partition coefficient (Wildman–Crippen LogP) is 1.45. The standard InChI is InChI=1S/C8H7NO/c1-2-8(10)7-5-3-4-6-9-7/h2-6H,1H2. The molecule has 0 unspecified atom stereocenters. The Hall–Kier alpha value is -1.44. The fraction of sp³-hybridized carbons (Fsp3) is 0. The van der Waals surface area contributed by atoms with E-state index >= 15 is 0 Å². The number of rotatable bonds is 2. The third-order valence-electron chi connectivity index (χ3n) is 1.10. The van der Waals surface area contributed by atoms with Crippen molar-refractivity contribution in [3.05, 3.63) is 42.7 Å². The SMILES string of the molecule is C=CC(=O)c1ccccn1. The van der Waals surface area contributed by atoms with Crippen LogP contribution in [0.2, 0.25) is 0 Å². The van der Waals surface area contributed by atoms with Crippen molar-refractivity contribution in [3.8, 4) is 0 Å². The summed E-state index contributed by atoms with van der Waals surface area (Å²) in [6, 6.07) is 5.19. The molecule has 1 aromatic heterocycles. The van der Waals surface area contributed by atoms with Crippen LogP contribution in [0.15, 0.2) is 37.1 Å². The summed E-state index contributed by atoms with van der Waals surface area (Å²) in [5.41, 5.74) is 0.442.